The second-order valence-corrected chi connectivity index (χ2v) is 5.47. The van der Waals surface area contributed by atoms with E-state index in [9.17, 15) is 0 Å². The molecule has 0 radical (unpaired) electrons. The standard InChI is InChI=1S/C18H19N3/c1-12(2)16-11-17(19-3)21-18(20-16)15-9-8-13-6-4-5-7-14(13)10-15/h4-12H,1-3H3,(H,19,20,21). The lowest BCUT2D eigenvalue weighted by Crippen LogP contribution is -2.02. The minimum Gasteiger partial charge on any atom is -0.373 e. The van der Waals surface area contributed by atoms with Gasteiger partial charge in [0, 0.05) is 24.4 Å². The van der Waals surface area contributed by atoms with Gasteiger partial charge in [-0.25, -0.2) is 9.97 Å². The highest BCUT2D eigenvalue weighted by Crippen LogP contribution is 2.25. The van der Waals surface area contributed by atoms with Gasteiger partial charge >= 0.3 is 0 Å². The lowest BCUT2D eigenvalue weighted by atomic mass is 10.1. The Bertz CT molecular complexity index is 778. The van der Waals surface area contributed by atoms with E-state index in [0.29, 0.717) is 5.92 Å². The predicted molar refractivity (Wildman–Crippen MR) is 88.6 cm³/mol. The minimum absolute atomic E-state index is 0.374. The van der Waals surface area contributed by atoms with Gasteiger partial charge in [-0.05, 0) is 22.8 Å². The number of nitrogens with one attached hydrogen (secondary N) is 1. The van der Waals surface area contributed by atoms with Crippen LogP contribution in [0.2, 0.25) is 0 Å². The molecule has 3 rings (SSSR count). The number of hydrogen-bond acceptors (Lipinski definition) is 3. The van der Waals surface area contributed by atoms with Gasteiger partial charge in [0.1, 0.15) is 5.82 Å². The van der Waals surface area contributed by atoms with Crippen LogP contribution in [0.15, 0.2) is 48.5 Å². The van der Waals surface area contributed by atoms with Crippen LogP contribution in [0.1, 0.15) is 25.5 Å². The fraction of sp³-hybridized carbons (Fsp3) is 0.222. The molecular weight excluding hydrogens is 258 g/mol. The molecule has 0 amide bonds. The molecule has 0 fully saturated rings. The summed E-state index contributed by atoms with van der Waals surface area (Å²) in [4.78, 5) is 9.30. The Morgan fingerprint density at radius 2 is 1.67 bits per heavy atom. The lowest BCUT2D eigenvalue weighted by molar-refractivity contribution is 0.817. The van der Waals surface area contributed by atoms with Crippen molar-refractivity contribution in [2.24, 2.45) is 0 Å². The molecule has 0 atom stereocenters. The van der Waals surface area contributed by atoms with Gasteiger partial charge in [-0.2, -0.15) is 0 Å². The van der Waals surface area contributed by atoms with Crippen LogP contribution in [0.3, 0.4) is 0 Å². The maximum Gasteiger partial charge on any atom is 0.161 e. The van der Waals surface area contributed by atoms with E-state index in [-0.39, 0.29) is 0 Å². The first-order valence-electron chi connectivity index (χ1n) is 7.23. The van der Waals surface area contributed by atoms with E-state index in [1.54, 1.807) is 0 Å². The van der Waals surface area contributed by atoms with Crippen molar-refractivity contribution in [2.45, 2.75) is 19.8 Å². The van der Waals surface area contributed by atoms with Crippen molar-refractivity contribution in [3.05, 3.63) is 54.2 Å². The highest BCUT2D eigenvalue weighted by atomic mass is 15.0. The number of hydrogen-bond donors (Lipinski definition) is 1. The van der Waals surface area contributed by atoms with E-state index in [0.717, 1.165) is 22.9 Å². The van der Waals surface area contributed by atoms with E-state index >= 15 is 0 Å². The first-order chi connectivity index (χ1) is 10.2. The molecule has 0 saturated carbocycles. The number of rotatable bonds is 3. The molecule has 0 bridgehead atoms. The summed E-state index contributed by atoms with van der Waals surface area (Å²) in [6, 6.07) is 16.7. The second-order valence-electron chi connectivity index (χ2n) is 5.47. The monoisotopic (exact) mass is 277 g/mol. The predicted octanol–water partition coefficient (Wildman–Crippen LogP) is 4.46. The first-order valence-corrected chi connectivity index (χ1v) is 7.23. The molecule has 0 unspecified atom stereocenters. The number of benzene rings is 2. The number of fused-ring (bicyclic) bond motifs is 1. The van der Waals surface area contributed by atoms with Crippen molar-refractivity contribution in [3.63, 3.8) is 0 Å². The highest BCUT2D eigenvalue weighted by Gasteiger charge is 2.09. The SMILES string of the molecule is CNc1cc(C(C)C)nc(-c2ccc3ccccc3c2)n1. The summed E-state index contributed by atoms with van der Waals surface area (Å²) in [5.74, 6) is 2.01. The first kappa shape index (κ1) is 13.6. The second kappa shape index (κ2) is 5.52. The molecule has 21 heavy (non-hydrogen) atoms. The molecule has 0 saturated heterocycles. The Hall–Kier alpha value is -2.42. The normalized spacial score (nSPS) is 11.0. The molecular formula is C18H19N3. The van der Waals surface area contributed by atoms with Gasteiger partial charge in [-0.1, -0.05) is 50.2 Å². The maximum atomic E-state index is 4.71. The molecule has 1 aromatic heterocycles. The minimum atomic E-state index is 0.374. The Morgan fingerprint density at radius 3 is 2.38 bits per heavy atom. The van der Waals surface area contributed by atoms with Crippen LogP contribution in [-0.4, -0.2) is 17.0 Å². The smallest absolute Gasteiger partial charge is 0.161 e. The van der Waals surface area contributed by atoms with E-state index in [4.69, 9.17) is 4.98 Å². The molecule has 106 valence electrons. The largest absolute Gasteiger partial charge is 0.373 e. The molecule has 0 aliphatic heterocycles. The summed E-state index contributed by atoms with van der Waals surface area (Å²) in [6.45, 7) is 4.29. The fourth-order valence-electron chi connectivity index (χ4n) is 2.35. The van der Waals surface area contributed by atoms with Gasteiger partial charge in [0.25, 0.3) is 0 Å². The summed E-state index contributed by atoms with van der Waals surface area (Å²) < 4.78 is 0. The summed E-state index contributed by atoms with van der Waals surface area (Å²) in [6.07, 6.45) is 0. The third kappa shape index (κ3) is 2.72. The van der Waals surface area contributed by atoms with Crippen LogP contribution in [0.25, 0.3) is 22.2 Å². The van der Waals surface area contributed by atoms with Crippen molar-refractivity contribution in [3.8, 4) is 11.4 Å². The topological polar surface area (TPSA) is 37.8 Å². The Kier molecular flexibility index (Phi) is 3.57. The van der Waals surface area contributed by atoms with Crippen LogP contribution in [0.5, 0.6) is 0 Å². The number of nitrogens with zero attached hydrogens (tertiary/aromatic N) is 2. The highest BCUT2D eigenvalue weighted by molar-refractivity contribution is 5.86. The average molecular weight is 277 g/mol. The quantitative estimate of drug-likeness (QED) is 0.768. The average Bonchev–Trinajstić information content (AvgIpc) is 2.53. The van der Waals surface area contributed by atoms with Crippen LogP contribution in [0.4, 0.5) is 5.82 Å². The summed E-state index contributed by atoms with van der Waals surface area (Å²) in [5.41, 5.74) is 2.10. The maximum absolute atomic E-state index is 4.71. The summed E-state index contributed by atoms with van der Waals surface area (Å²) in [7, 11) is 1.89. The van der Waals surface area contributed by atoms with Crippen LogP contribution in [-0.2, 0) is 0 Å². The Labute approximate surface area is 125 Å². The van der Waals surface area contributed by atoms with Crippen molar-refractivity contribution in [1.82, 2.24) is 9.97 Å². The molecule has 0 aliphatic carbocycles. The zero-order valence-corrected chi connectivity index (χ0v) is 12.6. The van der Waals surface area contributed by atoms with Crippen molar-refractivity contribution in [1.29, 1.82) is 0 Å². The molecule has 1 heterocycles. The molecule has 3 aromatic rings. The Balaban J connectivity index is 2.14. The number of anilines is 1. The molecule has 3 heteroatoms. The van der Waals surface area contributed by atoms with Gasteiger partial charge in [-0.15, -0.1) is 0 Å². The molecule has 1 N–H and O–H groups in total. The van der Waals surface area contributed by atoms with Crippen LogP contribution >= 0.6 is 0 Å². The summed E-state index contributed by atoms with van der Waals surface area (Å²) in [5, 5.41) is 5.56. The van der Waals surface area contributed by atoms with E-state index in [1.807, 2.05) is 13.1 Å². The molecule has 0 spiro atoms. The lowest BCUT2D eigenvalue weighted by Gasteiger charge is -2.10. The third-order valence-corrected chi connectivity index (χ3v) is 3.60. The van der Waals surface area contributed by atoms with Gasteiger partial charge in [0.05, 0.1) is 0 Å². The molecule has 0 aliphatic rings. The van der Waals surface area contributed by atoms with Crippen LogP contribution < -0.4 is 5.32 Å². The Morgan fingerprint density at radius 1 is 0.905 bits per heavy atom. The molecule has 2 aromatic carbocycles. The zero-order valence-electron chi connectivity index (χ0n) is 12.6. The molecule has 3 nitrogen and oxygen atoms in total. The van der Waals surface area contributed by atoms with Gasteiger partial charge in [-0.3, -0.25) is 0 Å². The van der Waals surface area contributed by atoms with E-state index < -0.39 is 0 Å². The van der Waals surface area contributed by atoms with E-state index in [2.05, 4.69) is 66.6 Å². The van der Waals surface area contributed by atoms with Crippen LogP contribution in [0, 0.1) is 0 Å². The van der Waals surface area contributed by atoms with Gasteiger partial charge < -0.3 is 5.32 Å². The van der Waals surface area contributed by atoms with Gasteiger partial charge in [0.15, 0.2) is 5.82 Å². The van der Waals surface area contributed by atoms with Crippen molar-refractivity contribution in [2.75, 3.05) is 12.4 Å². The fourth-order valence-corrected chi connectivity index (χ4v) is 2.35. The third-order valence-electron chi connectivity index (χ3n) is 3.60. The van der Waals surface area contributed by atoms with E-state index in [1.165, 1.54) is 10.8 Å². The van der Waals surface area contributed by atoms with Crippen molar-refractivity contribution < 1.29 is 0 Å². The van der Waals surface area contributed by atoms with Crippen molar-refractivity contribution >= 4 is 16.6 Å². The number of aromatic nitrogens is 2. The van der Waals surface area contributed by atoms with Gasteiger partial charge in [0.2, 0.25) is 0 Å². The zero-order chi connectivity index (χ0) is 14.8. The summed E-state index contributed by atoms with van der Waals surface area (Å²) >= 11 is 0.